The van der Waals surface area contributed by atoms with Gasteiger partial charge in [0.1, 0.15) is 23.7 Å². The number of nitrogens with two attached hydrogens (primary N) is 2. The van der Waals surface area contributed by atoms with Crippen LogP contribution in [0.1, 0.15) is 58.9 Å². The van der Waals surface area contributed by atoms with Gasteiger partial charge < -0.3 is 41.4 Å². The molecular weight excluding hydrogens is 948 g/mol. The topological polar surface area (TPSA) is 169 Å². The number of alkyl halides is 4. The van der Waals surface area contributed by atoms with Gasteiger partial charge in [-0.15, -0.1) is 46.4 Å². The molecular formula is C49H62Cl4F2N6O6. The van der Waals surface area contributed by atoms with E-state index in [9.17, 15) is 28.0 Å². The van der Waals surface area contributed by atoms with Gasteiger partial charge in [-0.2, -0.15) is 0 Å². The molecule has 0 aliphatic rings. The highest BCUT2D eigenvalue weighted by Crippen LogP contribution is 2.19. The van der Waals surface area contributed by atoms with Crippen molar-refractivity contribution in [3.8, 4) is 0 Å². The van der Waals surface area contributed by atoms with Gasteiger partial charge in [-0.05, 0) is 96.8 Å². The number of ether oxygens (including phenoxy) is 2. The van der Waals surface area contributed by atoms with Crippen molar-refractivity contribution in [1.29, 1.82) is 0 Å². The first-order chi connectivity index (χ1) is 36.8. The van der Waals surface area contributed by atoms with Crippen molar-refractivity contribution < 1.29 is 53.9 Å². The fourth-order valence-electron chi connectivity index (χ4n) is 6.22. The van der Waals surface area contributed by atoms with Gasteiger partial charge in [-0.25, -0.2) is 18.4 Å². The van der Waals surface area contributed by atoms with Gasteiger partial charge in [0, 0.05) is 80.8 Å². The SMILES string of the molecule is [2H]c1cc(CC(N)C(=O)NC(Cc2ccc(F)cc2)C(=O)OC([2H])([2H])C([2H])([2H])C)cc([2H])c1N(CCCl)CCCl.[2H]c1cc(CC(N)C(=O)NC(Cc2ccc(F)cc2)C(=O)OC([2H])([2H])C([2H])([2H])[2H])ccc1N(CCCl)CCCl. The number of amides is 2. The normalized spacial score (nSPS) is 16.1. The Morgan fingerprint density at radius 2 is 0.985 bits per heavy atom. The number of carbonyl (C=O) groups is 4. The summed E-state index contributed by atoms with van der Waals surface area (Å²) in [7, 11) is 0. The molecule has 0 aliphatic carbocycles. The fraction of sp³-hybridized carbons (Fsp3) is 0.429. The molecule has 0 radical (unpaired) electrons. The fourth-order valence-corrected chi connectivity index (χ4v) is 7.03. The minimum atomic E-state index is -3.31. The number of halogens is 6. The zero-order chi connectivity index (χ0) is 59.6. The van der Waals surface area contributed by atoms with E-state index in [0.717, 1.165) is 31.2 Å². The number of esters is 2. The number of anilines is 2. The predicted octanol–water partition coefficient (Wildman–Crippen LogP) is 6.93. The van der Waals surface area contributed by atoms with E-state index in [1.54, 1.807) is 23.1 Å². The van der Waals surface area contributed by atoms with E-state index in [0.29, 0.717) is 71.6 Å². The number of hydrogen-bond acceptors (Lipinski definition) is 10. The maximum Gasteiger partial charge on any atom is 0.328 e. The molecule has 0 spiro atoms. The van der Waals surface area contributed by atoms with E-state index >= 15 is 0 Å². The van der Waals surface area contributed by atoms with Gasteiger partial charge in [-0.3, -0.25) is 9.59 Å². The zero-order valence-corrected chi connectivity index (χ0v) is 39.6. The van der Waals surface area contributed by atoms with Gasteiger partial charge in [0.25, 0.3) is 0 Å². The second kappa shape index (κ2) is 31.4. The Kier molecular flexibility index (Phi) is 18.8. The highest BCUT2D eigenvalue weighted by Gasteiger charge is 2.27. The summed E-state index contributed by atoms with van der Waals surface area (Å²) in [6, 6.07) is 12.8. The number of benzene rings is 4. The first-order valence-electron chi connectivity index (χ1n) is 26.8. The summed E-state index contributed by atoms with van der Waals surface area (Å²) in [5.74, 6) is -4.00. The molecule has 366 valence electrons. The van der Waals surface area contributed by atoms with Gasteiger partial charge in [0.05, 0.1) is 34.8 Å². The van der Waals surface area contributed by atoms with Crippen LogP contribution in [-0.2, 0) is 54.3 Å². The van der Waals surface area contributed by atoms with E-state index < -0.39 is 85.9 Å². The molecule has 0 heterocycles. The lowest BCUT2D eigenvalue weighted by molar-refractivity contribution is -0.148. The molecule has 0 fully saturated rings. The molecule has 67 heavy (non-hydrogen) atoms. The molecule has 6 N–H and O–H groups in total. The van der Waals surface area contributed by atoms with Gasteiger partial charge in [-0.1, -0.05) is 55.5 Å². The summed E-state index contributed by atoms with van der Waals surface area (Å²) in [6.07, 6.45) is -3.08. The molecule has 4 rings (SSSR count). The zero-order valence-electron chi connectivity index (χ0n) is 48.6. The summed E-state index contributed by atoms with van der Waals surface area (Å²) in [6.45, 7) is -6.93. The van der Waals surface area contributed by atoms with Crippen LogP contribution in [0.15, 0.2) is 97.0 Å². The van der Waals surface area contributed by atoms with Crippen LogP contribution in [-0.4, -0.2) is 111 Å². The second-order valence-electron chi connectivity index (χ2n) is 14.5. The van der Waals surface area contributed by atoms with Crippen molar-refractivity contribution in [2.24, 2.45) is 11.5 Å². The van der Waals surface area contributed by atoms with Crippen molar-refractivity contribution in [3.63, 3.8) is 0 Å². The molecule has 0 saturated heterocycles. The third-order valence-corrected chi connectivity index (χ3v) is 10.3. The van der Waals surface area contributed by atoms with E-state index in [1.165, 1.54) is 36.4 Å². The molecule has 4 aromatic carbocycles. The van der Waals surface area contributed by atoms with E-state index in [1.807, 2.05) is 4.90 Å². The second-order valence-corrected chi connectivity index (χ2v) is 16.0. The lowest BCUT2D eigenvalue weighted by atomic mass is 10.0. The van der Waals surface area contributed by atoms with Crippen molar-refractivity contribution >= 4 is 81.5 Å². The summed E-state index contributed by atoms with van der Waals surface area (Å²) in [4.78, 5) is 55.1. The summed E-state index contributed by atoms with van der Waals surface area (Å²) in [5, 5.41) is 4.80. The van der Waals surface area contributed by atoms with Crippen LogP contribution in [0.2, 0.25) is 0 Å². The van der Waals surface area contributed by atoms with E-state index in [4.69, 9.17) is 79.1 Å². The van der Waals surface area contributed by atoms with Crippen LogP contribution in [0.4, 0.5) is 20.2 Å². The number of nitrogens with zero attached hydrogens (tertiary/aromatic N) is 2. The number of rotatable bonds is 27. The molecule has 0 aliphatic heterocycles. The van der Waals surface area contributed by atoms with Crippen molar-refractivity contribution in [1.82, 2.24) is 10.6 Å². The Balaban J connectivity index is 0.000000415. The van der Waals surface area contributed by atoms with Crippen LogP contribution in [0.5, 0.6) is 0 Å². The highest BCUT2D eigenvalue weighted by molar-refractivity contribution is 6.19. The van der Waals surface area contributed by atoms with Gasteiger partial charge >= 0.3 is 11.9 Å². The van der Waals surface area contributed by atoms with Crippen LogP contribution in [0, 0.1) is 11.6 Å². The Morgan fingerprint density at radius 3 is 1.39 bits per heavy atom. The first kappa shape index (κ1) is 40.2. The van der Waals surface area contributed by atoms with Crippen LogP contribution >= 0.6 is 46.4 Å². The Morgan fingerprint density at radius 1 is 0.612 bits per heavy atom. The van der Waals surface area contributed by atoms with E-state index in [-0.39, 0.29) is 55.6 Å². The average Bonchev–Trinajstić information content (AvgIpc) is 3.35. The molecule has 0 bridgehead atoms. The lowest BCUT2D eigenvalue weighted by Gasteiger charge is -2.23. The standard InChI is InChI=1S/C25H32Cl2FN3O3.C24H30Cl2FN3O3/c1-2-15-34-25(33)23(17-19-3-7-20(28)8-4-19)30-24(32)22(29)16-18-5-9-21(10-6-18)31(13-11-26)14-12-27;1-2-33-24(32)22(16-18-3-7-19(27)8-4-18)29-23(31)21(28)15-17-5-9-20(10-6-17)30(13-11-25)14-12-26/h3-10,22-23H,2,11-17,29H2,1H3,(H,30,32);3-10,21-22H,2,11-16,28H2,1H3,(H,29,31)/i2D2,9D,10D,15D2;1D3,2D2,9D. The minimum Gasteiger partial charge on any atom is -0.464 e. The number of nitrogens with one attached hydrogen (secondary N) is 2. The molecule has 2 amide bonds. The third kappa shape index (κ3) is 20.6. The lowest BCUT2D eigenvalue weighted by Crippen LogP contribution is -2.50. The summed E-state index contributed by atoms with van der Waals surface area (Å²) >= 11 is 23.4. The molecule has 4 atom stereocenters. The quantitative estimate of drug-likeness (QED) is 0.0363. The molecule has 18 heteroatoms. The number of carbonyl (C=O) groups excluding carboxylic acids is 4. The summed E-state index contributed by atoms with van der Waals surface area (Å²) < 4.78 is 129. The molecule has 0 saturated carbocycles. The molecule has 0 aromatic heterocycles. The van der Waals surface area contributed by atoms with Crippen molar-refractivity contribution in [3.05, 3.63) is 131 Å². The van der Waals surface area contributed by atoms with Crippen LogP contribution < -0.4 is 31.9 Å². The van der Waals surface area contributed by atoms with Gasteiger partial charge in [0.2, 0.25) is 11.8 Å². The third-order valence-electron chi connectivity index (χ3n) is 9.62. The van der Waals surface area contributed by atoms with Gasteiger partial charge in [0.15, 0.2) is 0 Å². The smallest absolute Gasteiger partial charge is 0.328 e. The minimum absolute atomic E-state index is 0.00256. The highest BCUT2D eigenvalue weighted by atomic mass is 35.5. The Bertz CT molecular complexity index is 2620. The average molecular weight is 1020 g/mol. The predicted molar refractivity (Wildman–Crippen MR) is 266 cm³/mol. The maximum absolute atomic E-state index is 13.4. The maximum atomic E-state index is 13.4. The van der Waals surface area contributed by atoms with Crippen molar-refractivity contribution in [2.75, 3.05) is 72.6 Å². The van der Waals surface area contributed by atoms with E-state index in [2.05, 4.69) is 15.4 Å². The largest absolute Gasteiger partial charge is 0.464 e. The molecule has 12 nitrogen and oxygen atoms in total. The van der Waals surface area contributed by atoms with Crippen molar-refractivity contribution in [2.45, 2.75) is 70.0 Å². The molecule has 4 unspecified atom stereocenters. The Labute approximate surface area is 429 Å². The van der Waals surface area contributed by atoms with Crippen LogP contribution in [0.25, 0.3) is 0 Å². The first-order valence-corrected chi connectivity index (χ1v) is 22.9. The van der Waals surface area contributed by atoms with Crippen LogP contribution in [0.3, 0.4) is 0 Å². The number of hydrogen-bond donors (Lipinski definition) is 4. The monoisotopic (exact) mass is 1020 g/mol. The Hall–Kier alpha value is -4.70. The summed E-state index contributed by atoms with van der Waals surface area (Å²) in [5.41, 5.74) is 14.9. The molecule has 4 aromatic rings.